The van der Waals surface area contributed by atoms with Crippen molar-refractivity contribution in [1.29, 1.82) is 0 Å². The molecule has 2 aliphatic heterocycles. The topological polar surface area (TPSA) is 89.9 Å². The lowest BCUT2D eigenvalue weighted by Crippen LogP contribution is -2.59. The summed E-state index contributed by atoms with van der Waals surface area (Å²) in [4.78, 5) is 41.3. The van der Waals surface area contributed by atoms with E-state index in [1.165, 1.54) is 4.57 Å². The number of ether oxygens (including phenoxy) is 2. The molecule has 8 nitrogen and oxygen atoms in total. The highest BCUT2D eigenvalue weighted by atomic mass is 19.4. The van der Waals surface area contributed by atoms with Crippen LogP contribution in [0, 0.1) is 29.4 Å². The molecule has 1 aromatic carbocycles. The SMILES string of the molecule is COc1c2n(cc(C(=O)NC(c3ccc(F)cc3F)C(F)(F)F)c1=O)CC1OC3CC(C4C(C)C34)N1C2=O. The predicted molar refractivity (Wildman–Crippen MR) is 119 cm³/mol. The average molecular weight is 539 g/mol. The van der Waals surface area contributed by atoms with Crippen LogP contribution in [0.1, 0.15) is 45.8 Å². The first-order chi connectivity index (χ1) is 17.9. The van der Waals surface area contributed by atoms with Crippen molar-refractivity contribution in [2.75, 3.05) is 7.11 Å². The van der Waals surface area contributed by atoms with Gasteiger partial charge in [-0.05, 0) is 30.2 Å². The Hall–Kier alpha value is -3.48. The van der Waals surface area contributed by atoms with Gasteiger partial charge in [0, 0.05) is 23.9 Å². The smallest absolute Gasteiger partial charge is 0.412 e. The Balaban J connectivity index is 1.36. The highest BCUT2D eigenvalue weighted by molar-refractivity contribution is 5.99. The van der Waals surface area contributed by atoms with Crippen LogP contribution in [0.4, 0.5) is 22.0 Å². The molecule has 3 heterocycles. The number of hydrogen-bond donors (Lipinski definition) is 1. The van der Waals surface area contributed by atoms with Gasteiger partial charge in [0.05, 0.1) is 19.8 Å². The Kier molecular flexibility index (Phi) is 5.40. The first-order valence-electron chi connectivity index (χ1n) is 12.0. The minimum atomic E-state index is -5.17. The van der Waals surface area contributed by atoms with Gasteiger partial charge in [0.25, 0.3) is 11.8 Å². The van der Waals surface area contributed by atoms with Gasteiger partial charge in [-0.2, -0.15) is 13.2 Å². The molecule has 2 bridgehead atoms. The molecule has 1 saturated heterocycles. The van der Waals surface area contributed by atoms with Gasteiger partial charge in [0.15, 0.2) is 23.7 Å². The zero-order valence-corrected chi connectivity index (χ0v) is 20.1. The number of aromatic nitrogens is 1. The number of carbonyl (C=O) groups is 2. The molecule has 1 N–H and O–H groups in total. The first kappa shape index (κ1) is 24.8. The highest BCUT2D eigenvalue weighted by Crippen LogP contribution is 2.62. The number of methoxy groups -OCH3 is 1. The van der Waals surface area contributed by atoms with E-state index in [0.717, 1.165) is 13.3 Å². The van der Waals surface area contributed by atoms with Crippen molar-refractivity contribution in [3.05, 3.63) is 63.1 Å². The van der Waals surface area contributed by atoms with Gasteiger partial charge in [-0.1, -0.05) is 13.0 Å². The zero-order valence-electron chi connectivity index (χ0n) is 20.1. The van der Waals surface area contributed by atoms with E-state index in [4.69, 9.17) is 9.47 Å². The van der Waals surface area contributed by atoms with Crippen molar-refractivity contribution < 1.29 is 41.0 Å². The fourth-order valence-corrected chi connectivity index (χ4v) is 6.54. The fraction of sp³-hybridized carbons (Fsp3) is 0.480. The Labute approximate surface area is 212 Å². The number of pyridine rings is 1. The van der Waals surface area contributed by atoms with Gasteiger partial charge in [0.1, 0.15) is 17.2 Å². The largest absolute Gasteiger partial charge is 0.491 e. The molecule has 1 aromatic heterocycles. The molecule has 2 aromatic rings. The van der Waals surface area contributed by atoms with Gasteiger partial charge in [-0.15, -0.1) is 0 Å². The van der Waals surface area contributed by atoms with Crippen LogP contribution in [0.2, 0.25) is 0 Å². The van der Waals surface area contributed by atoms with E-state index >= 15 is 0 Å². The number of halogens is 5. The third-order valence-electron chi connectivity index (χ3n) is 8.22. The van der Waals surface area contributed by atoms with Gasteiger partial charge >= 0.3 is 6.18 Å². The summed E-state index contributed by atoms with van der Waals surface area (Å²) in [5, 5.41) is 1.64. The summed E-state index contributed by atoms with van der Waals surface area (Å²) in [5.74, 6) is -4.04. The fourth-order valence-electron chi connectivity index (χ4n) is 6.54. The van der Waals surface area contributed by atoms with Crippen molar-refractivity contribution >= 4 is 11.8 Å². The van der Waals surface area contributed by atoms with E-state index in [1.807, 2.05) is 0 Å². The second-order valence-electron chi connectivity index (χ2n) is 10.2. The minimum absolute atomic E-state index is 0.0159. The Morgan fingerprint density at radius 1 is 1.21 bits per heavy atom. The number of rotatable bonds is 4. The number of alkyl halides is 3. The molecular formula is C25H22F5N3O5. The van der Waals surface area contributed by atoms with Gasteiger partial charge in [-0.25, -0.2) is 8.78 Å². The second-order valence-corrected chi connectivity index (χ2v) is 10.2. The Morgan fingerprint density at radius 3 is 2.61 bits per heavy atom. The van der Waals surface area contributed by atoms with E-state index in [1.54, 1.807) is 10.2 Å². The lowest BCUT2D eigenvalue weighted by molar-refractivity contribution is -0.155. The maximum absolute atomic E-state index is 14.2. The van der Waals surface area contributed by atoms with Crippen LogP contribution in [-0.4, -0.2) is 52.9 Å². The third kappa shape index (κ3) is 3.54. The maximum Gasteiger partial charge on any atom is 0.412 e. The highest BCUT2D eigenvalue weighted by Gasteiger charge is 2.67. The lowest BCUT2D eigenvalue weighted by Gasteiger charge is -2.46. The third-order valence-corrected chi connectivity index (χ3v) is 8.22. The molecule has 7 atom stereocenters. The van der Waals surface area contributed by atoms with Gasteiger partial charge in [-0.3, -0.25) is 14.4 Å². The van der Waals surface area contributed by atoms with Crippen molar-refractivity contribution in [1.82, 2.24) is 14.8 Å². The lowest BCUT2D eigenvalue weighted by atomic mass is 10.00. The van der Waals surface area contributed by atoms with E-state index in [0.29, 0.717) is 36.3 Å². The first-order valence-corrected chi connectivity index (χ1v) is 12.0. The van der Waals surface area contributed by atoms with E-state index in [9.17, 15) is 36.3 Å². The number of benzene rings is 1. The number of fused-ring (bicyclic) bond motifs is 8. The Bertz CT molecular complexity index is 1430. The summed E-state index contributed by atoms with van der Waals surface area (Å²) in [6.45, 7) is 2.14. The maximum atomic E-state index is 14.2. The van der Waals surface area contributed by atoms with E-state index in [-0.39, 0.29) is 30.5 Å². The quantitative estimate of drug-likeness (QED) is 0.604. The van der Waals surface area contributed by atoms with Crippen molar-refractivity contribution in [2.45, 2.75) is 50.5 Å². The number of nitrogens with zero attached hydrogens (tertiary/aromatic N) is 2. The molecule has 4 aliphatic rings. The van der Waals surface area contributed by atoms with E-state index in [2.05, 4.69) is 6.92 Å². The van der Waals surface area contributed by atoms with Crippen LogP contribution in [0.15, 0.2) is 29.2 Å². The van der Waals surface area contributed by atoms with Crippen LogP contribution < -0.4 is 15.5 Å². The molecule has 2 saturated carbocycles. The molecule has 7 unspecified atom stereocenters. The zero-order chi connectivity index (χ0) is 27.3. The molecule has 13 heteroatoms. The van der Waals surface area contributed by atoms with Crippen molar-refractivity contribution in [2.24, 2.45) is 17.8 Å². The summed E-state index contributed by atoms with van der Waals surface area (Å²) in [6, 6.07) is -1.47. The molecule has 6 rings (SSSR count). The predicted octanol–water partition coefficient (Wildman–Crippen LogP) is 3.00. The standard InChI is InChI=1S/C25H22F5N3O5/c1-9-17-14-6-15(18(9)17)38-16-8-32-7-12(20(34)21(37-2)19(32)24(36)33(14)16)23(35)31-22(25(28,29)30)11-4-3-10(26)5-13(11)27/h3-5,7,9,14-18,22H,6,8H2,1-2H3,(H,31,35). The summed E-state index contributed by atoms with van der Waals surface area (Å²) in [5.41, 5.74) is -2.98. The molecule has 2 aliphatic carbocycles. The number of hydrogen-bond acceptors (Lipinski definition) is 5. The number of nitrogens with one attached hydrogen (secondary N) is 1. The van der Waals surface area contributed by atoms with Crippen LogP contribution in [-0.2, 0) is 11.3 Å². The van der Waals surface area contributed by atoms with Crippen LogP contribution in [0.5, 0.6) is 5.75 Å². The molecular weight excluding hydrogens is 517 g/mol. The summed E-state index contributed by atoms with van der Waals surface area (Å²) in [7, 11) is 1.11. The molecule has 38 heavy (non-hydrogen) atoms. The molecule has 3 fully saturated rings. The van der Waals surface area contributed by atoms with E-state index < -0.39 is 64.2 Å². The van der Waals surface area contributed by atoms with Gasteiger partial charge < -0.3 is 24.3 Å². The van der Waals surface area contributed by atoms with Crippen molar-refractivity contribution in [3.8, 4) is 5.75 Å². The normalized spacial score (nSPS) is 29.8. The minimum Gasteiger partial charge on any atom is -0.491 e. The average Bonchev–Trinajstić information content (AvgIpc) is 3.41. The Morgan fingerprint density at radius 2 is 1.95 bits per heavy atom. The van der Waals surface area contributed by atoms with Crippen LogP contribution in [0.3, 0.4) is 0 Å². The molecule has 2 amide bonds. The summed E-state index contributed by atoms with van der Waals surface area (Å²) < 4.78 is 81.5. The summed E-state index contributed by atoms with van der Waals surface area (Å²) >= 11 is 0. The number of amides is 2. The monoisotopic (exact) mass is 539 g/mol. The van der Waals surface area contributed by atoms with Crippen LogP contribution >= 0.6 is 0 Å². The molecule has 202 valence electrons. The second kappa shape index (κ2) is 8.26. The van der Waals surface area contributed by atoms with Crippen molar-refractivity contribution in [3.63, 3.8) is 0 Å². The summed E-state index contributed by atoms with van der Waals surface area (Å²) in [6.07, 6.45) is -4.18. The van der Waals surface area contributed by atoms with Gasteiger partial charge in [0.2, 0.25) is 5.43 Å². The molecule has 0 spiro atoms. The van der Waals surface area contributed by atoms with Crippen LogP contribution in [0.25, 0.3) is 0 Å². The molecule has 0 radical (unpaired) electrons. The number of carbonyl (C=O) groups excluding carboxylic acids is 2.